The van der Waals surface area contributed by atoms with Gasteiger partial charge in [0.15, 0.2) is 0 Å². The SMILES string of the molecule is CC(=O)N1CCN(CCC[N+](C)(CCCS(=O)(=O)O)CCCS(=O)(=O)O)CC1. The third-order valence-corrected chi connectivity index (χ3v) is 6.80. The van der Waals surface area contributed by atoms with Crippen molar-refractivity contribution >= 4 is 26.1 Å². The number of amides is 1. The van der Waals surface area contributed by atoms with Crippen molar-refractivity contribution in [1.82, 2.24) is 9.80 Å². The standard InChI is InChI=1S/C16H33N3O7S2/c1-16(20)18-9-7-17(8-10-18)6-3-11-19(2,12-4-14-27(21,22)23)13-5-15-28(24,25)26/h3-15H2,1-2H3,(H-,21,22,23,24,25,26)/p+1. The summed E-state index contributed by atoms with van der Waals surface area (Å²) in [7, 11) is -6.12. The second-order valence-electron chi connectivity index (χ2n) is 7.77. The lowest BCUT2D eigenvalue weighted by Gasteiger charge is -2.37. The number of hydrogen-bond donors (Lipinski definition) is 2. The molecule has 0 aliphatic carbocycles. The zero-order valence-electron chi connectivity index (χ0n) is 16.8. The van der Waals surface area contributed by atoms with Gasteiger partial charge >= 0.3 is 0 Å². The van der Waals surface area contributed by atoms with Crippen LogP contribution in [0.25, 0.3) is 0 Å². The highest BCUT2D eigenvalue weighted by molar-refractivity contribution is 7.86. The van der Waals surface area contributed by atoms with Crippen molar-refractivity contribution in [2.75, 3.05) is 70.9 Å². The Hall–Kier alpha value is -0.790. The van der Waals surface area contributed by atoms with E-state index in [0.29, 0.717) is 30.7 Å². The normalized spacial score (nSPS) is 17.1. The first-order valence-electron chi connectivity index (χ1n) is 9.51. The molecule has 1 amide bonds. The Morgan fingerprint density at radius 1 is 0.857 bits per heavy atom. The molecule has 1 aliphatic rings. The fourth-order valence-corrected chi connectivity index (χ4v) is 4.54. The molecule has 0 unspecified atom stereocenters. The van der Waals surface area contributed by atoms with Crippen LogP contribution in [0.4, 0.5) is 0 Å². The average molecular weight is 445 g/mol. The second kappa shape index (κ2) is 10.8. The Bertz CT molecular complexity index is 664. The molecule has 0 aromatic rings. The van der Waals surface area contributed by atoms with Crippen LogP contribution >= 0.6 is 0 Å². The van der Waals surface area contributed by atoms with Gasteiger partial charge in [0.25, 0.3) is 20.2 Å². The predicted octanol–water partition coefficient (Wildman–Crippen LogP) is -0.457. The molecule has 1 saturated heterocycles. The topological polar surface area (TPSA) is 132 Å². The highest BCUT2D eigenvalue weighted by atomic mass is 32.2. The van der Waals surface area contributed by atoms with Crippen LogP contribution in [0.3, 0.4) is 0 Å². The molecule has 166 valence electrons. The van der Waals surface area contributed by atoms with Crippen molar-refractivity contribution < 1.29 is 35.2 Å². The van der Waals surface area contributed by atoms with E-state index in [1.807, 2.05) is 11.9 Å². The Balaban J connectivity index is 2.50. The van der Waals surface area contributed by atoms with Crippen molar-refractivity contribution in [3.8, 4) is 0 Å². The molecule has 1 heterocycles. The predicted molar refractivity (Wildman–Crippen MR) is 106 cm³/mol. The third kappa shape index (κ3) is 11.3. The molecule has 12 heteroatoms. The summed E-state index contributed by atoms with van der Waals surface area (Å²) in [5.74, 6) is -0.570. The summed E-state index contributed by atoms with van der Waals surface area (Å²) in [4.78, 5) is 15.5. The number of piperazine rings is 1. The van der Waals surface area contributed by atoms with Gasteiger partial charge in [-0.2, -0.15) is 16.8 Å². The van der Waals surface area contributed by atoms with E-state index in [9.17, 15) is 21.6 Å². The maximum absolute atomic E-state index is 11.4. The van der Waals surface area contributed by atoms with Crippen LogP contribution in [0.15, 0.2) is 0 Å². The van der Waals surface area contributed by atoms with E-state index in [1.54, 1.807) is 6.92 Å². The van der Waals surface area contributed by atoms with Gasteiger partial charge in [0.2, 0.25) is 5.91 Å². The van der Waals surface area contributed by atoms with Crippen LogP contribution in [-0.4, -0.2) is 117 Å². The quantitative estimate of drug-likeness (QED) is 0.305. The van der Waals surface area contributed by atoms with E-state index >= 15 is 0 Å². The third-order valence-electron chi connectivity index (χ3n) is 5.19. The number of quaternary nitrogens is 1. The monoisotopic (exact) mass is 444 g/mol. The van der Waals surface area contributed by atoms with Crippen molar-refractivity contribution in [2.45, 2.75) is 26.2 Å². The van der Waals surface area contributed by atoms with Gasteiger partial charge in [0.05, 0.1) is 38.2 Å². The molecule has 0 atom stereocenters. The summed E-state index contributed by atoms with van der Waals surface area (Å²) in [5.41, 5.74) is 0. The summed E-state index contributed by atoms with van der Waals surface area (Å²) in [6.45, 7) is 7.17. The first kappa shape index (κ1) is 25.2. The molecule has 0 spiro atoms. The molecule has 1 fully saturated rings. The molecule has 28 heavy (non-hydrogen) atoms. The first-order chi connectivity index (χ1) is 12.8. The van der Waals surface area contributed by atoms with Gasteiger partial charge in [0.1, 0.15) is 0 Å². The summed E-state index contributed by atoms with van der Waals surface area (Å²) < 4.78 is 62.2. The van der Waals surface area contributed by atoms with Gasteiger partial charge < -0.3 is 9.38 Å². The molecule has 1 aliphatic heterocycles. The molecule has 0 bridgehead atoms. The molecular formula is C16H34N3O7S2+. The minimum Gasteiger partial charge on any atom is -0.340 e. The van der Waals surface area contributed by atoms with E-state index < -0.39 is 20.2 Å². The van der Waals surface area contributed by atoms with Crippen molar-refractivity contribution in [1.29, 1.82) is 0 Å². The minimum atomic E-state index is -4.03. The van der Waals surface area contributed by atoms with Crippen LogP contribution in [0.1, 0.15) is 26.2 Å². The van der Waals surface area contributed by atoms with E-state index in [0.717, 1.165) is 32.6 Å². The maximum Gasteiger partial charge on any atom is 0.265 e. The molecule has 0 radical (unpaired) electrons. The Kier molecular flexibility index (Phi) is 9.77. The highest BCUT2D eigenvalue weighted by Crippen LogP contribution is 2.11. The minimum absolute atomic E-state index is 0.0848. The van der Waals surface area contributed by atoms with Crippen molar-refractivity contribution in [3.05, 3.63) is 0 Å². The molecule has 1 rings (SSSR count). The number of rotatable bonds is 12. The highest BCUT2D eigenvalue weighted by Gasteiger charge is 2.24. The number of nitrogens with zero attached hydrogens (tertiary/aromatic N) is 3. The van der Waals surface area contributed by atoms with E-state index in [1.165, 1.54) is 0 Å². The number of carbonyl (C=O) groups excluding carboxylic acids is 1. The molecule has 0 aromatic heterocycles. The smallest absolute Gasteiger partial charge is 0.265 e. The van der Waals surface area contributed by atoms with Gasteiger partial charge in [-0.3, -0.25) is 18.8 Å². The Morgan fingerprint density at radius 3 is 1.68 bits per heavy atom. The maximum atomic E-state index is 11.4. The number of carbonyl (C=O) groups is 1. The zero-order valence-corrected chi connectivity index (χ0v) is 18.4. The fourth-order valence-electron chi connectivity index (χ4n) is 3.56. The van der Waals surface area contributed by atoms with E-state index in [-0.39, 0.29) is 30.3 Å². The lowest BCUT2D eigenvalue weighted by atomic mass is 10.2. The number of hydrogen-bond acceptors (Lipinski definition) is 6. The fraction of sp³-hybridized carbons (Fsp3) is 0.938. The van der Waals surface area contributed by atoms with Crippen molar-refractivity contribution in [2.24, 2.45) is 0 Å². The Morgan fingerprint density at radius 2 is 1.29 bits per heavy atom. The van der Waals surface area contributed by atoms with Crippen molar-refractivity contribution in [3.63, 3.8) is 0 Å². The van der Waals surface area contributed by atoms with Crippen LogP contribution in [0.2, 0.25) is 0 Å². The molecule has 2 N–H and O–H groups in total. The van der Waals surface area contributed by atoms with Gasteiger partial charge in [-0.1, -0.05) is 0 Å². The van der Waals surface area contributed by atoms with Crippen LogP contribution < -0.4 is 0 Å². The Labute approximate surface area is 168 Å². The zero-order chi connectivity index (χ0) is 21.4. The van der Waals surface area contributed by atoms with Crippen LogP contribution in [0, 0.1) is 0 Å². The van der Waals surface area contributed by atoms with Gasteiger partial charge in [-0.25, -0.2) is 0 Å². The van der Waals surface area contributed by atoms with E-state index in [4.69, 9.17) is 9.11 Å². The van der Waals surface area contributed by atoms with Gasteiger partial charge in [-0.15, -0.1) is 0 Å². The molecule has 10 nitrogen and oxygen atoms in total. The lowest BCUT2D eigenvalue weighted by molar-refractivity contribution is -0.909. The van der Waals surface area contributed by atoms with Gasteiger partial charge in [0, 0.05) is 58.9 Å². The second-order valence-corrected chi connectivity index (χ2v) is 10.9. The molecule has 0 saturated carbocycles. The summed E-state index contributed by atoms with van der Waals surface area (Å²) in [5, 5.41) is 0. The summed E-state index contributed by atoms with van der Waals surface area (Å²) in [6.07, 6.45) is 1.39. The van der Waals surface area contributed by atoms with Gasteiger partial charge in [-0.05, 0) is 0 Å². The lowest BCUT2D eigenvalue weighted by Crippen LogP contribution is -2.50. The van der Waals surface area contributed by atoms with E-state index in [2.05, 4.69) is 4.90 Å². The molecule has 0 aromatic carbocycles. The van der Waals surface area contributed by atoms with Crippen LogP contribution in [-0.2, 0) is 25.0 Å². The summed E-state index contributed by atoms with van der Waals surface area (Å²) >= 11 is 0. The first-order valence-corrected chi connectivity index (χ1v) is 12.7. The summed E-state index contributed by atoms with van der Waals surface area (Å²) in [6, 6.07) is 0. The average Bonchev–Trinajstić information content (AvgIpc) is 2.53. The van der Waals surface area contributed by atoms with Crippen LogP contribution in [0.5, 0.6) is 0 Å². The molecular weight excluding hydrogens is 410 g/mol. The largest absolute Gasteiger partial charge is 0.340 e.